The number of benzene rings is 1. The van der Waals surface area contributed by atoms with E-state index in [1.807, 2.05) is 18.2 Å². The molecule has 0 unspecified atom stereocenters. The molecule has 2 amide bonds. The van der Waals surface area contributed by atoms with E-state index in [1.54, 1.807) is 10.6 Å². The lowest BCUT2D eigenvalue weighted by atomic mass is 9.86. The molecule has 28 heavy (non-hydrogen) atoms. The number of amides is 2. The molecule has 1 fully saturated rings. The predicted molar refractivity (Wildman–Crippen MR) is 104 cm³/mol. The molecule has 1 aliphatic carbocycles. The summed E-state index contributed by atoms with van der Waals surface area (Å²) in [5, 5.41) is 7.39. The van der Waals surface area contributed by atoms with Gasteiger partial charge in [0.05, 0.1) is 11.0 Å². The highest BCUT2D eigenvalue weighted by Crippen LogP contribution is 2.24. The minimum Gasteiger partial charge on any atom is -0.368 e. The molecule has 3 N–H and O–H groups in total. The van der Waals surface area contributed by atoms with E-state index in [4.69, 9.17) is 5.73 Å². The molecule has 3 aromatic rings. The number of primary amides is 1. The minimum atomic E-state index is -0.650. The van der Waals surface area contributed by atoms with E-state index in [2.05, 4.69) is 17.3 Å². The van der Waals surface area contributed by atoms with Gasteiger partial charge in [0, 0.05) is 6.04 Å². The fourth-order valence-corrected chi connectivity index (χ4v) is 4.10. The van der Waals surface area contributed by atoms with Crippen molar-refractivity contribution in [3.63, 3.8) is 0 Å². The Hall–Kier alpha value is -3.10. The first-order chi connectivity index (χ1) is 13.5. The van der Waals surface area contributed by atoms with Crippen molar-refractivity contribution in [2.45, 2.75) is 51.7 Å². The second-order valence-electron chi connectivity index (χ2n) is 7.55. The maximum Gasteiger partial charge on any atom is 0.352 e. The third-order valence-corrected chi connectivity index (χ3v) is 5.54. The molecule has 2 aromatic heterocycles. The van der Waals surface area contributed by atoms with E-state index in [-0.39, 0.29) is 25.0 Å². The zero-order valence-electron chi connectivity index (χ0n) is 15.8. The summed E-state index contributed by atoms with van der Waals surface area (Å²) >= 11 is 0. The summed E-state index contributed by atoms with van der Waals surface area (Å²) in [6.45, 7) is 1.91. The molecule has 2 heterocycles. The number of carbonyl (C=O) groups excluding carboxylic acids is 2. The highest BCUT2D eigenvalue weighted by atomic mass is 16.2. The van der Waals surface area contributed by atoms with Crippen LogP contribution in [0.25, 0.3) is 16.8 Å². The number of imidazole rings is 1. The molecule has 2 atom stereocenters. The van der Waals surface area contributed by atoms with Crippen LogP contribution in [0, 0.1) is 5.92 Å². The molecule has 9 heteroatoms. The third kappa shape index (κ3) is 3.17. The normalized spacial score (nSPS) is 19.9. The van der Waals surface area contributed by atoms with Crippen LogP contribution < -0.4 is 16.7 Å². The zero-order valence-corrected chi connectivity index (χ0v) is 15.8. The van der Waals surface area contributed by atoms with Gasteiger partial charge < -0.3 is 11.1 Å². The van der Waals surface area contributed by atoms with Crippen molar-refractivity contribution in [2.24, 2.45) is 11.7 Å². The predicted octanol–water partition coefficient (Wildman–Crippen LogP) is 0.631. The SMILES string of the molecule is C[C@@H]1CCCC[C@@H]1NC(=O)Cn1c2ccccc2n2c(=O)n(CC(N)=O)nc12. The van der Waals surface area contributed by atoms with E-state index in [1.165, 1.54) is 10.8 Å². The van der Waals surface area contributed by atoms with Crippen LogP contribution in [0.4, 0.5) is 0 Å². The number of aromatic nitrogens is 4. The van der Waals surface area contributed by atoms with Gasteiger partial charge in [-0.3, -0.25) is 14.2 Å². The highest BCUT2D eigenvalue weighted by molar-refractivity contribution is 5.84. The summed E-state index contributed by atoms with van der Waals surface area (Å²) in [7, 11) is 0. The Balaban J connectivity index is 1.71. The van der Waals surface area contributed by atoms with Crippen LogP contribution in [0.1, 0.15) is 32.6 Å². The number of nitrogens with two attached hydrogens (primary N) is 1. The lowest BCUT2D eigenvalue weighted by Gasteiger charge is -2.29. The number of hydrogen-bond acceptors (Lipinski definition) is 4. The van der Waals surface area contributed by atoms with Gasteiger partial charge in [0.25, 0.3) is 0 Å². The number of nitrogens with zero attached hydrogens (tertiary/aromatic N) is 4. The fraction of sp³-hybridized carbons (Fsp3) is 0.474. The molecule has 0 bridgehead atoms. The van der Waals surface area contributed by atoms with Crippen molar-refractivity contribution in [3.05, 3.63) is 34.7 Å². The van der Waals surface area contributed by atoms with Gasteiger partial charge in [-0.1, -0.05) is 31.9 Å². The molecule has 1 aliphatic rings. The van der Waals surface area contributed by atoms with Crippen LogP contribution in [0.2, 0.25) is 0 Å². The Bertz CT molecular complexity index is 1110. The van der Waals surface area contributed by atoms with Crippen molar-refractivity contribution in [2.75, 3.05) is 0 Å². The van der Waals surface area contributed by atoms with E-state index in [0.717, 1.165) is 29.5 Å². The highest BCUT2D eigenvalue weighted by Gasteiger charge is 2.24. The average molecular weight is 384 g/mol. The first kappa shape index (κ1) is 18.3. The average Bonchev–Trinajstić information content (AvgIpc) is 3.12. The quantitative estimate of drug-likeness (QED) is 0.671. The molecule has 148 valence electrons. The third-order valence-electron chi connectivity index (χ3n) is 5.54. The Morgan fingerprint density at radius 2 is 1.89 bits per heavy atom. The van der Waals surface area contributed by atoms with Crippen LogP contribution in [-0.2, 0) is 22.7 Å². The van der Waals surface area contributed by atoms with Gasteiger partial charge in [0.15, 0.2) is 0 Å². The maximum absolute atomic E-state index is 12.8. The van der Waals surface area contributed by atoms with Crippen molar-refractivity contribution in [1.29, 1.82) is 0 Å². The largest absolute Gasteiger partial charge is 0.368 e. The number of fused-ring (bicyclic) bond motifs is 3. The molecular formula is C19H24N6O3. The first-order valence-corrected chi connectivity index (χ1v) is 9.60. The molecular weight excluding hydrogens is 360 g/mol. The Morgan fingerprint density at radius 3 is 2.61 bits per heavy atom. The maximum atomic E-state index is 12.8. The second kappa shape index (κ2) is 7.14. The first-order valence-electron chi connectivity index (χ1n) is 9.60. The molecule has 1 saturated carbocycles. The van der Waals surface area contributed by atoms with Crippen LogP contribution >= 0.6 is 0 Å². The Labute approximate surface area is 161 Å². The van der Waals surface area contributed by atoms with Gasteiger partial charge in [-0.25, -0.2) is 13.9 Å². The zero-order chi connectivity index (χ0) is 19.8. The standard InChI is InChI=1S/C19H24N6O3/c1-12-6-2-3-7-13(12)21-17(27)11-23-14-8-4-5-9-15(14)25-18(23)22-24(19(25)28)10-16(20)26/h4-5,8-9,12-13H,2-3,6-7,10-11H2,1H3,(H2,20,26)(H,21,27)/t12-,13+/m1/s1. The molecule has 9 nitrogen and oxygen atoms in total. The van der Waals surface area contributed by atoms with Crippen molar-refractivity contribution in [1.82, 2.24) is 24.1 Å². The van der Waals surface area contributed by atoms with Crippen LogP contribution in [-0.4, -0.2) is 36.6 Å². The summed E-state index contributed by atoms with van der Waals surface area (Å²) < 4.78 is 4.15. The number of nitrogens with one attached hydrogen (secondary N) is 1. The summed E-state index contributed by atoms with van der Waals surface area (Å²) in [5.41, 5.74) is 6.13. The number of para-hydroxylation sites is 2. The van der Waals surface area contributed by atoms with E-state index >= 15 is 0 Å². The van der Waals surface area contributed by atoms with Crippen LogP contribution in [0.5, 0.6) is 0 Å². The summed E-state index contributed by atoms with van der Waals surface area (Å²) in [4.78, 5) is 36.7. The Morgan fingerprint density at radius 1 is 1.18 bits per heavy atom. The number of hydrogen-bond donors (Lipinski definition) is 2. The topological polar surface area (TPSA) is 116 Å². The van der Waals surface area contributed by atoms with E-state index in [9.17, 15) is 14.4 Å². The summed E-state index contributed by atoms with van der Waals surface area (Å²) in [6.07, 6.45) is 4.44. The summed E-state index contributed by atoms with van der Waals surface area (Å²) in [5.74, 6) is 0.0115. The van der Waals surface area contributed by atoms with Gasteiger partial charge in [-0.15, -0.1) is 5.10 Å². The Kier molecular flexibility index (Phi) is 4.66. The number of rotatable bonds is 5. The summed E-state index contributed by atoms with van der Waals surface area (Å²) in [6, 6.07) is 7.47. The molecule has 0 radical (unpaired) electrons. The van der Waals surface area contributed by atoms with Gasteiger partial charge >= 0.3 is 5.69 Å². The van der Waals surface area contributed by atoms with Gasteiger partial charge in [0.1, 0.15) is 13.1 Å². The molecule has 0 spiro atoms. The minimum absolute atomic E-state index is 0.0489. The molecule has 0 aliphatic heterocycles. The number of carbonyl (C=O) groups is 2. The van der Waals surface area contributed by atoms with Gasteiger partial charge in [0.2, 0.25) is 17.6 Å². The van der Waals surface area contributed by atoms with Crippen molar-refractivity contribution >= 4 is 28.6 Å². The lowest BCUT2D eigenvalue weighted by Crippen LogP contribution is -2.42. The fourth-order valence-electron chi connectivity index (χ4n) is 4.10. The second-order valence-corrected chi connectivity index (χ2v) is 7.55. The molecule has 0 saturated heterocycles. The van der Waals surface area contributed by atoms with E-state index < -0.39 is 11.6 Å². The smallest absolute Gasteiger partial charge is 0.352 e. The van der Waals surface area contributed by atoms with Gasteiger partial charge in [-0.05, 0) is 30.9 Å². The van der Waals surface area contributed by atoms with Crippen LogP contribution in [0.15, 0.2) is 29.1 Å². The monoisotopic (exact) mass is 384 g/mol. The van der Waals surface area contributed by atoms with E-state index in [0.29, 0.717) is 17.2 Å². The van der Waals surface area contributed by atoms with Crippen LogP contribution in [0.3, 0.4) is 0 Å². The van der Waals surface area contributed by atoms with Crippen molar-refractivity contribution < 1.29 is 9.59 Å². The lowest BCUT2D eigenvalue weighted by molar-refractivity contribution is -0.123. The van der Waals surface area contributed by atoms with Gasteiger partial charge in [-0.2, -0.15) is 0 Å². The molecule has 1 aromatic carbocycles. The van der Waals surface area contributed by atoms with Crippen molar-refractivity contribution in [3.8, 4) is 0 Å². The molecule has 4 rings (SSSR count).